The van der Waals surface area contributed by atoms with Gasteiger partial charge in [0.1, 0.15) is 0 Å². The van der Waals surface area contributed by atoms with Crippen LogP contribution < -0.4 is 9.47 Å². The summed E-state index contributed by atoms with van der Waals surface area (Å²) in [5.41, 5.74) is 3.09. The second kappa shape index (κ2) is 7.26. The molecule has 0 bridgehead atoms. The second-order valence-electron chi connectivity index (χ2n) is 5.65. The molecule has 0 N–H and O–H groups in total. The van der Waals surface area contributed by atoms with Crippen LogP contribution in [0.3, 0.4) is 0 Å². The number of nitrogens with zero attached hydrogens (tertiary/aromatic N) is 1. The molecule has 1 aromatic carbocycles. The maximum Gasteiger partial charge on any atom is 0.308 e. The Hall–Kier alpha value is -2.37. The predicted octanol–water partition coefficient (Wildman–Crippen LogP) is 3.18. The van der Waals surface area contributed by atoms with Crippen LogP contribution in [0, 0.1) is 17.0 Å². The summed E-state index contributed by atoms with van der Waals surface area (Å²) >= 11 is 0. The standard InChI is InChI=1S/C17H21NO5/c1-11-10-15(22-3)17(23-12(2)19)16-13(6-4-8-14(11)16)7-5-9-18(20)21/h4,6,10,13H,5,7-9H2,1-3H3. The molecule has 0 aromatic heterocycles. The van der Waals surface area contributed by atoms with Crippen molar-refractivity contribution < 1.29 is 19.2 Å². The molecule has 1 aromatic rings. The third-order valence-electron chi connectivity index (χ3n) is 4.00. The van der Waals surface area contributed by atoms with E-state index in [0.29, 0.717) is 24.3 Å². The van der Waals surface area contributed by atoms with E-state index >= 15 is 0 Å². The first kappa shape index (κ1) is 17.0. The largest absolute Gasteiger partial charge is 0.493 e. The topological polar surface area (TPSA) is 78.7 Å². The van der Waals surface area contributed by atoms with Crippen LogP contribution in [0.1, 0.15) is 42.4 Å². The molecule has 0 radical (unpaired) electrons. The second-order valence-corrected chi connectivity index (χ2v) is 5.65. The molecule has 0 aliphatic heterocycles. The Balaban J connectivity index is 2.43. The lowest BCUT2D eigenvalue weighted by molar-refractivity contribution is -0.480. The van der Waals surface area contributed by atoms with E-state index < -0.39 is 5.97 Å². The number of benzene rings is 1. The number of nitro groups is 1. The van der Waals surface area contributed by atoms with Crippen molar-refractivity contribution in [3.63, 3.8) is 0 Å². The fraction of sp³-hybridized carbons (Fsp3) is 0.471. The Morgan fingerprint density at radius 2 is 2.22 bits per heavy atom. The van der Waals surface area contributed by atoms with E-state index in [1.807, 2.05) is 19.1 Å². The van der Waals surface area contributed by atoms with Crippen LogP contribution in [-0.4, -0.2) is 24.5 Å². The van der Waals surface area contributed by atoms with Gasteiger partial charge in [-0.15, -0.1) is 0 Å². The minimum absolute atomic E-state index is 0.0122. The third-order valence-corrected chi connectivity index (χ3v) is 4.00. The fourth-order valence-electron chi connectivity index (χ4n) is 3.02. The number of allylic oxidation sites excluding steroid dienone is 2. The van der Waals surface area contributed by atoms with Crippen LogP contribution in [0.25, 0.3) is 0 Å². The molecule has 2 rings (SSSR count). The molecule has 0 saturated carbocycles. The summed E-state index contributed by atoms with van der Waals surface area (Å²) in [4.78, 5) is 21.7. The molecule has 6 nitrogen and oxygen atoms in total. The van der Waals surface area contributed by atoms with Crippen molar-refractivity contribution in [2.75, 3.05) is 13.7 Å². The van der Waals surface area contributed by atoms with Gasteiger partial charge in [0.2, 0.25) is 6.54 Å². The van der Waals surface area contributed by atoms with Crippen molar-refractivity contribution in [2.24, 2.45) is 0 Å². The highest BCUT2D eigenvalue weighted by Crippen LogP contribution is 2.44. The number of carbonyl (C=O) groups is 1. The van der Waals surface area contributed by atoms with E-state index in [4.69, 9.17) is 9.47 Å². The number of fused-ring (bicyclic) bond motifs is 1. The SMILES string of the molecule is COc1cc(C)c2c(c1OC(C)=O)C(CCC[N+](=O)[O-])C=CC2. The highest BCUT2D eigenvalue weighted by atomic mass is 16.6. The number of ether oxygens (including phenoxy) is 2. The first-order chi connectivity index (χ1) is 10.9. The van der Waals surface area contributed by atoms with Gasteiger partial charge in [-0.1, -0.05) is 12.2 Å². The van der Waals surface area contributed by atoms with Gasteiger partial charge in [-0.2, -0.15) is 0 Å². The highest BCUT2D eigenvalue weighted by molar-refractivity contribution is 5.72. The van der Waals surface area contributed by atoms with Gasteiger partial charge in [0.05, 0.1) is 7.11 Å². The Labute approximate surface area is 135 Å². The average molecular weight is 319 g/mol. The summed E-state index contributed by atoms with van der Waals surface area (Å²) in [5.74, 6) is 0.539. The number of aryl methyl sites for hydroxylation is 1. The lowest BCUT2D eigenvalue weighted by Crippen LogP contribution is -2.14. The van der Waals surface area contributed by atoms with Crippen molar-refractivity contribution in [2.45, 2.75) is 39.0 Å². The Morgan fingerprint density at radius 1 is 1.48 bits per heavy atom. The average Bonchev–Trinajstić information content (AvgIpc) is 2.49. The van der Waals surface area contributed by atoms with Crippen LogP contribution in [0.15, 0.2) is 18.2 Å². The molecule has 6 heteroatoms. The molecule has 0 heterocycles. The zero-order valence-corrected chi connectivity index (χ0v) is 13.6. The number of carbonyl (C=O) groups excluding carboxylic acids is 1. The lowest BCUT2D eigenvalue weighted by Gasteiger charge is -2.26. The van der Waals surface area contributed by atoms with Crippen molar-refractivity contribution in [1.29, 1.82) is 0 Å². The molecular weight excluding hydrogens is 298 g/mol. The molecule has 0 fully saturated rings. The Kier molecular flexibility index (Phi) is 5.36. The van der Waals surface area contributed by atoms with Gasteiger partial charge in [-0.3, -0.25) is 14.9 Å². The first-order valence-electron chi connectivity index (χ1n) is 7.61. The Morgan fingerprint density at radius 3 is 2.83 bits per heavy atom. The zero-order chi connectivity index (χ0) is 17.0. The number of hydrogen-bond acceptors (Lipinski definition) is 5. The first-order valence-corrected chi connectivity index (χ1v) is 7.61. The molecule has 1 unspecified atom stereocenters. The van der Waals surface area contributed by atoms with Crippen molar-refractivity contribution in [1.82, 2.24) is 0 Å². The maximum atomic E-state index is 11.5. The fourth-order valence-corrected chi connectivity index (χ4v) is 3.02. The normalized spacial score (nSPS) is 15.9. The van der Waals surface area contributed by atoms with Gasteiger partial charge in [0, 0.05) is 29.7 Å². The molecular formula is C17H21NO5. The predicted molar refractivity (Wildman–Crippen MR) is 85.7 cm³/mol. The van der Waals surface area contributed by atoms with Gasteiger partial charge in [-0.25, -0.2) is 0 Å². The van der Waals surface area contributed by atoms with Crippen molar-refractivity contribution in [3.05, 3.63) is 45.0 Å². The van der Waals surface area contributed by atoms with E-state index in [9.17, 15) is 14.9 Å². The van der Waals surface area contributed by atoms with E-state index in [0.717, 1.165) is 23.1 Å². The van der Waals surface area contributed by atoms with E-state index in [-0.39, 0.29) is 17.4 Å². The van der Waals surface area contributed by atoms with Crippen LogP contribution in [0.2, 0.25) is 0 Å². The van der Waals surface area contributed by atoms with Gasteiger partial charge >= 0.3 is 5.97 Å². The smallest absolute Gasteiger partial charge is 0.308 e. The summed E-state index contributed by atoms with van der Waals surface area (Å²) in [6.07, 6.45) is 5.96. The number of hydrogen-bond donors (Lipinski definition) is 0. The highest BCUT2D eigenvalue weighted by Gasteiger charge is 2.26. The van der Waals surface area contributed by atoms with Gasteiger partial charge in [-0.05, 0) is 37.0 Å². The molecule has 1 atom stereocenters. The van der Waals surface area contributed by atoms with Crippen molar-refractivity contribution >= 4 is 5.97 Å². The Bertz CT molecular complexity index is 651. The molecule has 1 aliphatic rings. The summed E-state index contributed by atoms with van der Waals surface area (Å²) in [5, 5.41) is 10.6. The van der Waals surface area contributed by atoms with E-state index in [1.54, 1.807) is 0 Å². The molecule has 1 aliphatic carbocycles. The van der Waals surface area contributed by atoms with E-state index in [2.05, 4.69) is 6.08 Å². The quantitative estimate of drug-likeness (QED) is 0.264. The summed E-state index contributed by atoms with van der Waals surface area (Å²) in [6, 6.07) is 1.87. The summed E-state index contributed by atoms with van der Waals surface area (Å²) in [6.45, 7) is 3.28. The number of rotatable bonds is 6. The molecule has 0 spiro atoms. The third kappa shape index (κ3) is 3.88. The molecule has 0 amide bonds. The van der Waals surface area contributed by atoms with Crippen LogP contribution in [0.5, 0.6) is 11.5 Å². The van der Waals surface area contributed by atoms with Gasteiger partial charge < -0.3 is 9.47 Å². The van der Waals surface area contributed by atoms with Gasteiger partial charge in [0.15, 0.2) is 11.5 Å². The minimum atomic E-state index is -0.409. The minimum Gasteiger partial charge on any atom is -0.493 e. The van der Waals surface area contributed by atoms with Crippen LogP contribution in [-0.2, 0) is 11.2 Å². The summed E-state index contributed by atoms with van der Waals surface area (Å²) < 4.78 is 10.8. The molecule has 0 saturated heterocycles. The van der Waals surface area contributed by atoms with E-state index in [1.165, 1.54) is 14.0 Å². The lowest BCUT2D eigenvalue weighted by atomic mass is 9.82. The summed E-state index contributed by atoms with van der Waals surface area (Å²) in [7, 11) is 1.54. The zero-order valence-electron chi connectivity index (χ0n) is 13.6. The van der Waals surface area contributed by atoms with Crippen LogP contribution in [0.4, 0.5) is 0 Å². The van der Waals surface area contributed by atoms with Crippen molar-refractivity contribution in [3.8, 4) is 11.5 Å². The van der Waals surface area contributed by atoms with Crippen LogP contribution >= 0.6 is 0 Å². The van der Waals surface area contributed by atoms with Gasteiger partial charge in [0.25, 0.3) is 0 Å². The molecule has 124 valence electrons. The number of methoxy groups -OCH3 is 1. The monoisotopic (exact) mass is 319 g/mol. The molecule has 23 heavy (non-hydrogen) atoms. The maximum absolute atomic E-state index is 11.5. The number of esters is 1.